The van der Waals surface area contributed by atoms with E-state index in [2.05, 4.69) is 10.3 Å². The third-order valence-electron chi connectivity index (χ3n) is 4.06. The molecule has 1 fully saturated rings. The number of carbonyl (C=O) groups is 3. The molecule has 1 unspecified atom stereocenters. The Hall–Kier alpha value is -3.16. The average Bonchev–Trinajstić information content (AvgIpc) is 3.30. The van der Waals surface area contributed by atoms with E-state index in [4.69, 9.17) is 9.52 Å². The van der Waals surface area contributed by atoms with E-state index in [1.807, 2.05) is 0 Å². The van der Waals surface area contributed by atoms with Crippen molar-refractivity contribution >= 4 is 17.8 Å². The molecule has 1 aliphatic rings. The summed E-state index contributed by atoms with van der Waals surface area (Å²) in [4.78, 5) is 41.1. The average molecular weight is 343 g/mol. The molecule has 1 saturated heterocycles. The predicted octanol–water partition coefficient (Wildman–Crippen LogP) is 1.29. The Balaban J connectivity index is 1.66. The van der Waals surface area contributed by atoms with Crippen LogP contribution in [0.15, 0.2) is 41.1 Å². The minimum absolute atomic E-state index is 0.134. The lowest BCUT2D eigenvalue weighted by atomic mass is 10.1. The first-order valence-corrected chi connectivity index (χ1v) is 7.86. The highest BCUT2D eigenvalue weighted by molar-refractivity contribution is 5.98. The molecule has 2 N–H and O–H groups in total. The van der Waals surface area contributed by atoms with Gasteiger partial charge in [0.15, 0.2) is 0 Å². The van der Waals surface area contributed by atoms with E-state index >= 15 is 0 Å². The fourth-order valence-electron chi connectivity index (χ4n) is 2.80. The van der Waals surface area contributed by atoms with Crippen molar-refractivity contribution in [1.82, 2.24) is 15.2 Å². The van der Waals surface area contributed by atoms with Crippen molar-refractivity contribution in [3.63, 3.8) is 0 Å². The van der Waals surface area contributed by atoms with Crippen LogP contribution >= 0.6 is 0 Å². The van der Waals surface area contributed by atoms with Crippen LogP contribution in [-0.4, -0.2) is 45.4 Å². The zero-order valence-electron chi connectivity index (χ0n) is 13.3. The number of hydrogen-bond acceptors (Lipinski definition) is 5. The lowest BCUT2D eigenvalue weighted by Crippen LogP contribution is -2.45. The summed E-state index contributed by atoms with van der Waals surface area (Å²) in [5.74, 6) is -1.09. The van der Waals surface area contributed by atoms with Gasteiger partial charge in [-0.15, -0.1) is 0 Å². The lowest BCUT2D eigenvalue weighted by Gasteiger charge is -2.23. The highest BCUT2D eigenvalue weighted by atomic mass is 16.4. The van der Waals surface area contributed by atoms with E-state index in [1.165, 1.54) is 29.5 Å². The number of nitrogens with one attached hydrogen (secondary N) is 1. The summed E-state index contributed by atoms with van der Waals surface area (Å²) in [6.45, 7) is 0.734. The Morgan fingerprint density at radius 2 is 2.16 bits per heavy atom. The van der Waals surface area contributed by atoms with Gasteiger partial charge >= 0.3 is 5.97 Å². The Bertz CT molecular complexity index is 770. The van der Waals surface area contributed by atoms with Gasteiger partial charge in [-0.3, -0.25) is 9.59 Å². The minimum atomic E-state index is -1.16. The predicted molar refractivity (Wildman–Crippen MR) is 85.8 cm³/mol. The molecule has 0 radical (unpaired) electrons. The summed E-state index contributed by atoms with van der Waals surface area (Å²) in [5, 5.41) is 11.6. The number of nitrogens with zero attached hydrogens (tertiary/aromatic N) is 2. The molecule has 0 aromatic carbocycles. The maximum Gasteiger partial charge on any atom is 0.354 e. The van der Waals surface area contributed by atoms with Crippen molar-refractivity contribution in [2.75, 3.05) is 6.54 Å². The van der Waals surface area contributed by atoms with Crippen LogP contribution in [0.1, 0.15) is 39.4 Å². The van der Waals surface area contributed by atoms with Crippen LogP contribution in [0, 0.1) is 0 Å². The monoisotopic (exact) mass is 343 g/mol. The summed E-state index contributed by atoms with van der Waals surface area (Å²) in [7, 11) is 0. The highest BCUT2D eigenvalue weighted by Gasteiger charge is 2.34. The SMILES string of the molecule is O=C(O)c1ccc(C(=O)N2CCCC2C(=O)NCc2ccco2)cn1. The highest BCUT2D eigenvalue weighted by Crippen LogP contribution is 2.20. The third-order valence-corrected chi connectivity index (χ3v) is 4.06. The molecule has 1 atom stereocenters. The molecule has 0 spiro atoms. The molecule has 25 heavy (non-hydrogen) atoms. The lowest BCUT2D eigenvalue weighted by molar-refractivity contribution is -0.125. The first-order valence-electron chi connectivity index (χ1n) is 7.86. The molecule has 130 valence electrons. The fraction of sp³-hybridized carbons (Fsp3) is 0.294. The van der Waals surface area contributed by atoms with Crippen LogP contribution in [0.2, 0.25) is 0 Å². The number of carboxylic acids is 1. The maximum atomic E-state index is 12.6. The molecule has 0 bridgehead atoms. The standard InChI is InChI=1S/C17H17N3O5/c21-15(19-10-12-3-2-8-25-12)14-4-1-7-20(14)16(22)11-5-6-13(17(23)24)18-9-11/h2-3,5-6,8-9,14H,1,4,7,10H2,(H,19,21)(H,23,24). The van der Waals surface area contributed by atoms with Gasteiger partial charge in [-0.1, -0.05) is 0 Å². The molecular formula is C17H17N3O5. The van der Waals surface area contributed by atoms with Gasteiger partial charge in [0.05, 0.1) is 18.4 Å². The first kappa shape index (κ1) is 16.7. The number of amides is 2. The first-order chi connectivity index (χ1) is 12.1. The second kappa shape index (κ2) is 7.16. The smallest absolute Gasteiger partial charge is 0.354 e. The molecular weight excluding hydrogens is 326 g/mol. The fourth-order valence-corrected chi connectivity index (χ4v) is 2.80. The summed E-state index contributed by atoms with van der Waals surface area (Å²) < 4.78 is 5.17. The van der Waals surface area contributed by atoms with Crippen LogP contribution in [0.5, 0.6) is 0 Å². The van der Waals surface area contributed by atoms with Crippen molar-refractivity contribution in [1.29, 1.82) is 0 Å². The molecule has 0 saturated carbocycles. The van der Waals surface area contributed by atoms with E-state index in [0.717, 1.165) is 6.42 Å². The number of furan rings is 1. The van der Waals surface area contributed by atoms with Crippen LogP contribution in [0.4, 0.5) is 0 Å². The number of pyridine rings is 1. The Labute approximate surface area is 143 Å². The van der Waals surface area contributed by atoms with Crippen molar-refractivity contribution in [2.24, 2.45) is 0 Å². The van der Waals surface area contributed by atoms with Crippen LogP contribution in [-0.2, 0) is 11.3 Å². The second-order valence-corrected chi connectivity index (χ2v) is 5.69. The largest absolute Gasteiger partial charge is 0.477 e. The van der Waals surface area contributed by atoms with E-state index in [9.17, 15) is 14.4 Å². The van der Waals surface area contributed by atoms with Gasteiger partial charge in [0.2, 0.25) is 5.91 Å². The molecule has 2 amide bonds. The van der Waals surface area contributed by atoms with Crippen LogP contribution < -0.4 is 5.32 Å². The zero-order valence-corrected chi connectivity index (χ0v) is 13.3. The van der Waals surface area contributed by atoms with Crippen molar-refractivity contribution in [2.45, 2.75) is 25.4 Å². The molecule has 2 aromatic rings. The van der Waals surface area contributed by atoms with Crippen molar-refractivity contribution < 1.29 is 23.9 Å². The molecule has 8 nitrogen and oxygen atoms in total. The summed E-state index contributed by atoms with van der Waals surface area (Å²) >= 11 is 0. The van der Waals surface area contributed by atoms with Crippen LogP contribution in [0.25, 0.3) is 0 Å². The van der Waals surface area contributed by atoms with E-state index < -0.39 is 12.0 Å². The normalized spacial score (nSPS) is 16.6. The number of hydrogen-bond donors (Lipinski definition) is 2. The number of rotatable bonds is 5. The molecule has 3 heterocycles. The van der Waals surface area contributed by atoms with Gasteiger partial charge in [0.1, 0.15) is 17.5 Å². The molecule has 1 aliphatic heterocycles. The van der Waals surface area contributed by atoms with Crippen molar-refractivity contribution in [3.8, 4) is 0 Å². The molecule has 0 aliphatic carbocycles. The Kier molecular flexibility index (Phi) is 4.78. The number of aromatic nitrogens is 1. The Morgan fingerprint density at radius 1 is 1.32 bits per heavy atom. The summed E-state index contributed by atoms with van der Waals surface area (Å²) in [5.41, 5.74) is 0.126. The topological polar surface area (TPSA) is 113 Å². The maximum absolute atomic E-state index is 12.6. The van der Waals surface area contributed by atoms with E-state index in [1.54, 1.807) is 12.1 Å². The quantitative estimate of drug-likeness (QED) is 0.846. The number of carboxylic acid groups (broad SMARTS) is 1. The van der Waals surface area contributed by atoms with Crippen molar-refractivity contribution in [3.05, 3.63) is 53.7 Å². The van der Waals surface area contributed by atoms with Gasteiger partial charge in [0.25, 0.3) is 5.91 Å². The molecule has 8 heteroatoms. The van der Waals surface area contributed by atoms with E-state index in [0.29, 0.717) is 18.7 Å². The molecule has 3 rings (SSSR count). The number of likely N-dealkylation sites (tertiary alicyclic amines) is 1. The Morgan fingerprint density at radius 3 is 2.80 bits per heavy atom. The van der Waals surface area contributed by atoms with Gasteiger partial charge in [-0.05, 0) is 37.1 Å². The van der Waals surface area contributed by atoms with Gasteiger partial charge in [-0.25, -0.2) is 9.78 Å². The van der Waals surface area contributed by atoms with E-state index in [-0.39, 0.29) is 29.6 Å². The van der Waals surface area contributed by atoms with Crippen LogP contribution in [0.3, 0.4) is 0 Å². The van der Waals surface area contributed by atoms with Gasteiger partial charge in [-0.2, -0.15) is 0 Å². The minimum Gasteiger partial charge on any atom is -0.477 e. The zero-order chi connectivity index (χ0) is 17.8. The third kappa shape index (κ3) is 3.68. The van der Waals surface area contributed by atoms with Gasteiger partial charge in [0, 0.05) is 12.7 Å². The molecule has 2 aromatic heterocycles. The second-order valence-electron chi connectivity index (χ2n) is 5.69. The summed E-state index contributed by atoms with van der Waals surface area (Å²) in [6.07, 6.45) is 4.06. The number of aromatic carboxylic acids is 1. The number of carbonyl (C=O) groups excluding carboxylic acids is 2. The summed E-state index contributed by atoms with van der Waals surface area (Å²) in [6, 6.07) is 5.63. The van der Waals surface area contributed by atoms with Gasteiger partial charge < -0.3 is 19.7 Å².